The zero-order chi connectivity index (χ0) is 21.8. The van der Waals surface area contributed by atoms with Crippen LogP contribution in [0.5, 0.6) is 0 Å². The van der Waals surface area contributed by atoms with Crippen molar-refractivity contribution in [3.8, 4) is 0 Å². The van der Waals surface area contributed by atoms with Crippen LogP contribution in [0.15, 0.2) is 0 Å². The summed E-state index contributed by atoms with van der Waals surface area (Å²) >= 11 is 0. The van der Waals surface area contributed by atoms with E-state index in [1.54, 1.807) is 7.05 Å². The van der Waals surface area contributed by atoms with Crippen molar-refractivity contribution in [1.29, 1.82) is 0 Å². The summed E-state index contributed by atoms with van der Waals surface area (Å²) in [4.78, 5) is 13.3. The molecule has 0 saturated heterocycles. The summed E-state index contributed by atoms with van der Waals surface area (Å²) in [6, 6.07) is 0. The molecule has 6 heteroatoms. The predicted molar refractivity (Wildman–Crippen MR) is 123 cm³/mol. The standard InChI is InChI=1S/C23H47NO4S/c1-3-4-5-6-7-8-9-10-11-12-13-14-15-16-17-18-19-20-23(25)24(2)21-22-29(26,27)28/h3-22H2,1-2H3,(H,26,27,28). The van der Waals surface area contributed by atoms with Gasteiger partial charge in [0.15, 0.2) is 0 Å². The zero-order valence-corrected chi connectivity index (χ0v) is 20.0. The van der Waals surface area contributed by atoms with Crippen LogP contribution in [-0.4, -0.2) is 43.1 Å². The highest BCUT2D eigenvalue weighted by atomic mass is 32.2. The second-order valence-corrected chi connectivity index (χ2v) is 10.1. The van der Waals surface area contributed by atoms with Crippen LogP contribution >= 0.6 is 0 Å². The SMILES string of the molecule is CCCCCCCCCCCCCCCCCCCC(=O)N(C)CCS(=O)(=O)O. The average molecular weight is 434 g/mol. The number of carbonyl (C=O) groups excluding carboxylic acids is 1. The summed E-state index contributed by atoms with van der Waals surface area (Å²) in [5.74, 6) is -0.441. The van der Waals surface area contributed by atoms with Crippen LogP contribution in [0.25, 0.3) is 0 Å². The maximum Gasteiger partial charge on any atom is 0.266 e. The fourth-order valence-electron chi connectivity index (χ4n) is 3.57. The molecule has 0 saturated carbocycles. The lowest BCUT2D eigenvalue weighted by Gasteiger charge is -2.16. The molecule has 0 unspecified atom stereocenters. The summed E-state index contributed by atoms with van der Waals surface area (Å²) in [6.07, 6.45) is 22.7. The van der Waals surface area contributed by atoms with Crippen LogP contribution in [0.4, 0.5) is 0 Å². The number of unbranched alkanes of at least 4 members (excludes halogenated alkanes) is 16. The number of amides is 1. The Kier molecular flexibility index (Phi) is 18.9. The minimum Gasteiger partial charge on any atom is -0.345 e. The molecule has 0 atom stereocenters. The third-order valence-corrected chi connectivity index (χ3v) is 6.30. The molecule has 0 aromatic carbocycles. The molecule has 0 aromatic rings. The highest BCUT2D eigenvalue weighted by Crippen LogP contribution is 2.14. The summed E-state index contributed by atoms with van der Waals surface area (Å²) in [5.41, 5.74) is 0. The van der Waals surface area contributed by atoms with Crippen molar-refractivity contribution in [2.75, 3.05) is 19.3 Å². The van der Waals surface area contributed by atoms with Gasteiger partial charge in [0.05, 0.1) is 5.75 Å². The number of nitrogens with zero attached hydrogens (tertiary/aromatic N) is 1. The smallest absolute Gasteiger partial charge is 0.266 e. The second-order valence-electron chi connectivity index (χ2n) is 8.51. The van der Waals surface area contributed by atoms with Crippen LogP contribution in [-0.2, 0) is 14.9 Å². The molecule has 0 aliphatic carbocycles. The third-order valence-electron chi connectivity index (χ3n) is 5.60. The topological polar surface area (TPSA) is 74.7 Å². The van der Waals surface area contributed by atoms with Gasteiger partial charge in [-0.1, -0.05) is 110 Å². The quantitative estimate of drug-likeness (QED) is 0.168. The molecule has 1 amide bonds. The van der Waals surface area contributed by atoms with E-state index in [1.807, 2.05) is 0 Å². The molecular formula is C23H47NO4S. The number of hydrogen-bond acceptors (Lipinski definition) is 3. The first-order valence-corrected chi connectivity index (χ1v) is 13.7. The number of rotatable bonds is 21. The third kappa shape index (κ3) is 21.9. The van der Waals surface area contributed by atoms with Crippen molar-refractivity contribution in [3.63, 3.8) is 0 Å². The van der Waals surface area contributed by atoms with E-state index in [1.165, 1.54) is 101 Å². The van der Waals surface area contributed by atoms with Gasteiger partial charge in [0, 0.05) is 20.0 Å². The van der Waals surface area contributed by atoms with Crippen LogP contribution in [0.2, 0.25) is 0 Å². The van der Waals surface area contributed by atoms with Crippen LogP contribution in [0.1, 0.15) is 122 Å². The van der Waals surface area contributed by atoms with Crippen LogP contribution in [0.3, 0.4) is 0 Å². The first-order valence-electron chi connectivity index (χ1n) is 12.1. The van der Waals surface area contributed by atoms with Gasteiger partial charge in [-0.3, -0.25) is 9.35 Å². The Balaban J connectivity index is 3.28. The molecule has 0 rings (SSSR count). The molecule has 0 aliphatic rings. The fourth-order valence-corrected chi connectivity index (χ4v) is 4.07. The summed E-state index contributed by atoms with van der Waals surface area (Å²) < 4.78 is 30.1. The molecule has 29 heavy (non-hydrogen) atoms. The summed E-state index contributed by atoms with van der Waals surface area (Å²) in [7, 11) is -2.41. The predicted octanol–water partition coefficient (Wildman–Crippen LogP) is 6.37. The first-order chi connectivity index (χ1) is 13.9. The van der Waals surface area contributed by atoms with Crippen LogP contribution in [0, 0.1) is 0 Å². The minimum absolute atomic E-state index is 0.0467. The van der Waals surface area contributed by atoms with Crippen molar-refractivity contribution in [3.05, 3.63) is 0 Å². The van der Waals surface area contributed by atoms with Gasteiger partial charge < -0.3 is 4.90 Å². The largest absolute Gasteiger partial charge is 0.345 e. The van der Waals surface area contributed by atoms with Gasteiger partial charge in [-0.25, -0.2) is 0 Å². The van der Waals surface area contributed by atoms with Crippen molar-refractivity contribution >= 4 is 16.0 Å². The highest BCUT2D eigenvalue weighted by Gasteiger charge is 2.12. The van der Waals surface area contributed by atoms with E-state index >= 15 is 0 Å². The Morgan fingerprint density at radius 3 is 1.38 bits per heavy atom. The lowest BCUT2D eigenvalue weighted by atomic mass is 10.0. The molecule has 174 valence electrons. The van der Waals surface area contributed by atoms with Gasteiger partial charge in [-0.2, -0.15) is 8.42 Å². The summed E-state index contributed by atoms with van der Waals surface area (Å²) in [6.45, 7) is 2.32. The highest BCUT2D eigenvalue weighted by molar-refractivity contribution is 7.85. The Bertz CT molecular complexity index is 479. The second kappa shape index (κ2) is 19.3. The first kappa shape index (κ1) is 28.4. The average Bonchev–Trinajstić information content (AvgIpc) is 2.67. The van der Waals surface area contributed by atoms with E-state index in [-0.39, 0.29) is 12.5 Å². The van der Waals surface area contributed by atoms with Gasteiger partial charge in [0.2, 0.25) is 5.91 Å². The molecule has 0 bridgehead atoms. The zero-order valence-electron chi connectivity index (χ0n) is 19.2. The lowest BCUT2D eigenvalue weighted by Crippen LogP contribution is -2.31. The molecular weight excluding hydrogens is 386 g/mol. The lowest BCUT2D eigenvalue weighted by molar-refractivity contribution is -0.129. The molecule has 0 aliphatic heterocycles. The number of carbonyl (C=O) groups is 1. The fraction of sp³-hybridized carbons (Fsp3) is 0.957. The monoisotopic (exact) mass is 433 g/mol. The van der Waals surface area contributed by atoms with Gasteiger partial charge in [-0.15, -0.1) is 0 Å². The molecule has 1 N–H and O–H groups in total. The van der Waals surface area contributed by atoms with Crippen molar-refractivity contribution in [1.82, 2.24) is 4.90 Å². The van der Waals surface area contributed by atoms with Gasteiger partial charge >= 0.3 is 0 Å². The molecule has 0 spiro atoms. The van der Waals surface area contributed by atoms with Gasteiger partial charge in [0.1, 0.15) is 0 Å². The molecule has 0 fully saturated rings. The summed E-state index contributed by atoms with van der Waals surface area (Å²) in [5, 5.41) is 0. The Morgan fingerprint density at radius 2 is 1.03 bits per heavy atom. The van der Waals surface area contributed by atoms with Crippen molar-refractivity contribution in [2.24, 2.45) is 0 Å². The van der Waals surface area contributed by atoms with Gasteiger partial charge in [-0.05, 0) is 6.42 Å². The van der Waals surface area contributed by atoms with Crippen molar-refractivity contribution in [2.45, 2.75) is 122 Å². The molecule has 5 nitrogen and oxygen atoms in total. The molecule has 0 radical (unpaired) electrons. The van der Waals surface area contributed by atoms with E-state index in [0.717, 1.165) is 12.8 Å². The molecule has 0 heterocycles. The van der Waals surface area contributed by atoms with E-state index in [2.05, 4.69) is 6.92 Å². The normalized spacial score (nSPS) is 11.7. The van der Waals surface area contributed by atoms with E-state index in [0.29, 0.717) is 6.42 Å². The van der Waals surface area contributed by atoms with Crippen LogP contribution < -0.4 is 0 Å². The maximum absolute atomic E-state index is 11.9. The minimum atomic E-state index is -4.00. The molecule has 0 aromatic heterocycles. The number of hydrogen-bond donors (Lipinski definition) is 1. The van der Waals surface area contributed by atoms with Gasteiger partial charge in [0.25, 0.3) is 10.1 Å². The van der Waals surface area contributed by atoms with E-state index in [9.17, 15) is 13.2 Å². The Hall–Kier alpha value is -0.620. The van der Waals surface area contributed by atoms with E-state index < -0.39 is 15.9 Å². The van der Waals surface area contributed by atoms with E-state index in [4.69, 9.17) is 4.55 Å². The Morgan fingerprint density at radius 1 is 0.690 bits per heavy atom. The maximum atomic E-state index is 11.9. The Labute approximate surface area is 180 Å². The van der Waals surface area contributed by atoms with Crippen molar-refractivity contribution < 1.29 is 17.8 Å².